The second kappa shape index (κ2) is 7.01. The minimum atomic E-state index is 0.706. The van der Waals surface area contributed by atoms with Crippen LogP contribution in [0.2, 0.25) is 0 Å². The number of nitrogens with zero attached hydrogens (tertiary/aromatic N) is 3. The molecule has 0 fully saturated rings. The summed E-state index contributed by atoms with van der Waals surface area (Å²) >= 11 is 0. The number of hydrogen-bond acceptors (Lipinski definition) is 4. The van der Waals surface area contributed by atoms with Crippen LogP contribution in [0.3, 0.4) is 0 Å². The summed E-state index contributed by atoms with van der Waals surface area (Å²) in [6, 6.07) is 8.42. The number of methoxy groups -OCH3 is 1. The molecule has 0 saturated heterocycles. The van der Waals surface area contributed by atoms with Crippen molar-refractivity contribution in [3.8, 4) is 0 Å². The quantitative estimate of drug-likeness (QED) is 0.764. The zero-order valence-corrected chi connectivity index (χ0v) is 11.5. The predicted octanol–water partition coefficient (Wildman–Crippen LogP) is 1.37. The Morgan fingerprint density at radius 2 is 2.26 bits per heavy atom. The van der Waals surface area contributed by atoms with Gasteiger partial charge in [0.2, 0.25) is 0 Å². The van der Waals surface area contributed by atoms with Gasteiger partial charge >= 0.3 is 0 Å². The molecule has 1 aromatic carbocycles. The highest BCUT2D eigenvalue weighted by Crippen LogP contribution is 2.05. The zero-order valence-electron chi connectivity index (χ0n) is 11.5. The first-order chi connectivity index (χ1) is 9.28. The summed E-state index contributed by atoms with van der Waals surface area (Å²) < 4.78 is 6.83. The second-order valence-electron chi connectivity index (χ2n) is 4.57. The van der Waals surface area contributed by atoms with Gasteiger partial charge in [0.15, 0.2) is 0 Å². The van der Waals surface area contributed by atoms with Crippen LogP contribution < -0.4 is 5.32 Å². The molecule has 2 aromatic rings. The summed E-state index contributed by atoms with van der Waals surface area (Å²) in [6.07, 6.45) is 1.97. The molecule has 0 spiro atoms. The smallest absolute Gasteiger partial charge is 0.0964 e. The molecule has 0 aliphatic heterocycles. The summed E-state index contributed by atoms with van der Waals surface area (Å²) in [4.78, 5) is 0. The molecular formula is C14H20N4O. The van der Waals surface area contributed by atoms with Crippen molar-refractivity contribution in [1.29, 1.82) is 0 Å². The topological polar surface area (TPSA) is 52.0 Å². The van der Waals surface area contributed by atoms with Crippen LogP contribution in [-0.2, 0) is 17.8 Å². The van der Waals surface area contributed by atoms with Crippen molar-refractivity contribution in [2.24, 2.45) is 0 Å². The fourth-order valence-corrected chi connectivity index (χ4v) is 1.89. The zero-order chi connectivity index (χ0) is 13.5. The van der Waals surface area contributed by atoms with Gasteiger partial charge in [0.05, 0.1) is 25.0 Å². The van der Waals surface area contributed by atoms with Gasteiger partial charge in [0.25, 0.3) is 0 Å². The van der Waals surface area contributed by atoms with Crippen LogP contribution in [-0.4, -0.2) is 35.3 Å². The van der Waals surface area contributed by atoms with Gasteiger partial charge in [0, 0.05) is 20.2 Å². The maximum Gasteiger partial charge on any atom is 0.0964 e. The van der Waals surface area contributed by atoms with E-state index < -0.39 is 0 Å². The van der Waals surface area contributed by atoms with Crippen LogP contribution >= 0.6 is 0 Å². The van der Waals surface area contributed by atoms with Crippen molar-refractivity contribution in [1.82, 2.24) is 20.3 Å². The molecule has 0 unspecified atom stereocenters. The Hall–Kier alpha value is -1.72. The van der Waals surface area contributed by atoms with E-state index in [2.05, 4.69) is 46.8 Å². The van der Waals surface area contributed by atoms with E-state index >= 15 is 0 Å². The highest BCUT2D eigenvalue weighted by Gasteiger charge is 2.01. The number of nitrogens with one attached hydrogen (secondary N) is 1. The Kier molecular flexibility index (Phi) is 5.06. The molecule has 1 heterocycles. The van der Waals surface area contributed by atoms with E-state index in [1.807, 2.05) is 10.9 Å². The van der Waals surface area contributed by atoms with E-state index in [1.54, 1.807) is 7.11 Å². The first-order valence-electron chi connectivity index (χ1n) is 6.42. The van der Waals surface area contributed by atoms with Crippen molar-refractivity contribution in [2.45, 2.75) is 20.0 Å². The Labute approximate surface area is 113 Å². The van der Waals surface area contributed by atoms with Crippen molar-refractivity contribution in [3.05, 3.63) is 47.3 Å². The normalized spacial score (nSPS) is 10.8. The molecule has 19 heavy (non-hydrogen) atoms. The highest BCUT2D eigenvalue weighted by atomic mass is 16.5. The van der Waals surface area contributed by atoms with E-state index in [4.69, 9.17) is 4.74 Å². The Balaban J connectivity index is 1.87. The van der Waals surface area contributed by atoms with E-state index in [0.29, 0.717) is 6.61 Å². The lowest BCUT2D eigenvalue weighted by molar-refractivity contribution is 0.199. The maximum absolute atomic E-state index is 4.97. The van der Waals surface area contributed by atoms with Gasteiger partial charge in [-0.3, -0.25) is 0 Å². The molecule has 0 amide bonds. The third kappa shape index (κ3) is 4.46. The SMILES string of the molecule is COCCNCc1cn(Cc2cccc(C)c2)nn1. The first-order valence-corrected chi connectivity index (χ1v) is 6.42. The third-order valence-electron chi connectivity index (χ3n) is 2.80. The highest BCUT2D eigenvalue weighted by molar-refractivity contribution is 5.22. The van der Waals surface area contributed by atoms with Crippen molar-refractivity contribution >= 4 is 0 Å². The van der Waals surface area contributed by atoms with Gasteiger partial charge in [0.1, 0.15) is 0 Å². The summed E-state index contributed by atoms with van der Waals surface area (Å²) in [5, 5.41) is 11.5. The van der Waals surface area contributed by atoms with Gasteiger partial charge < -0.3 is 10.1 Å². The first kappa shape index (κ1) is 13.7. The maximum atomic E-state index is 4.97. The average Bonchev–Trinajstić information content (AvgIpc) is 2.82. The molecule has 0 atom stereocenters. The molecule has 1 aromatic heterocycles. The molecule has 2 rings (SSSR count). The molecule has 102 valence electrons. The van der Waals surface area contributed by atoms with E-state index in [1.165, 1.54) is 11.1 Å². The van der Waals surface area contributed by atoms with Crippen LogP contribution in [0.1, 0.15) is 16.8 Å². The Morgan fingerprint density at radius 3 is 3.05 bits per heavy atom. The molecule has 0 aliphatic rings. The Bertz CT molecular complexity index is 510. The fraction of sp³-hybridized carbons (Fsp3) is 0.429. The number of aryl methyl sites for hydroxylation is 1. The minimum absolute atomic E-state index is 0.706. The molecule has 0 radical (unpaired) electrons. The summed E-state index contributed by atoms with van der Waals surface area (Å²) in [6.45, 7) is 5.10. The van der Waals surface area contributed by atoms with E-state index in [0.717, 1.165) is 25.3 Å². The van der Waals surface area contributed by atoms with Crippen LogP contribution in [0, 0.1) is 6.92 Å². The molecule has 0 aliphatic carbocycles. The minimum Gasteiger partial charge on any atom is -0.383 e. The third-order valence-corrected chi connectivity index (χ3v) is 2.80. The largest absolute Gasteiger partial charge is 0.383 e. The van der Waals surface area contributed by atoms with E-state index in [-0.39, 0.29) is 0 Å². The van der Waals surface area contributed by atoms with Gasteiger partial charge in [-0.25, -0.2) is 4.68 Å². The lowest BCUT2D eigenvalue weighted by Crippen LogP contribution is -2.18. The molecule has 1 N–H and O–H groups in total. The van der Waals surface area contributed by atoms with Crippen LogP contribution in [0.15, 0.2) is 30.5 Å². The van der Waals surface area contributed by atoms with Crippen molar-refractivity contribution in [3.63, 3.8) is 0 Å². The molecule has 0 bridgehead atoms. The van der Waals surface area contributed by atoms with Crippen LogP contribution in [0.5, 0.6) is 0 Å². The number of ether oxygens (including phenoxy) is 1. The fourth-order valence-electron chi connectivity index (χ4n) is 1.89. The predicted molar refractivity (Wildman–Crippen MR) is 73.9 cm³/mol. The van der Waals surface area contributed by atoms with Crippen molar-refractivity contribution < 1.29 is 4.74 Å². The number of aromatic nitrogens is 3. The number of hydrogen-bond donors (Lipinski definition) is 1. The monoisotopic (exact) mass is 260 g/mol. The molecular weight excluding hydrogens is 240 g/mol. The molecule has 5 nitrogen and oxygen atoms in total. The molecule has 0 saturated carbocycles. The summed E-state index contributed by atoms with van der Waals surface area (Å²) in [5.74, 6) is 0. The standard InChI is InChI=1S/C14H20N4O/c1-12-4-3-5-13(8-12)10-18-11-14(16-17-18)9-15-6-7-19-2/h3-5,8,11,15H,6-7,9-10H2,1-2H3. The van der Waals surface area contributed by atoms with Gasteiger partial charge in [-0.15, -0.1) is 5.10 Å². The van der Waals surface area contributed by atoms with Crippen molar-refractivity contribution in [2.75, 3.05) is 20.3 Å². The van der Waals surface area contributed by atoms with E-state index in [9.17, 15) is 0 Å². The van der Waals surface area contributed by atoms with Gasteiger partial charge in [-0.1, -0.05) is 35.0 Å². The summed E-state index contributed by atoms with van der Waals surface area (Å²) in [7, 11) is 1.69. The number of benzene rings is 1. The van der Waals surface area contributed by atoms with Crippen LogP contribution in [0.4, 0.5) is 0 Å². The Morgan fingerprint density at radius 1 is 1.37 bits per heavy atom. The number of rotatable bonds is 7. The van der Waals surface area contributed by atoms with Gasteiger partial charge in [-0.05, 0) is 12.5 Å². The molecule has 5 heteroatoms. The summed E-state index contributed by atoms with van der Waals surface area (Å²) in [5.41, 5.74) is 3.45. The average molecular weight is 260 g/mol. The lowest BCUT2D eigenvalue weighted by atomic mass is 10.1. The lowest BCUT2D eigenvalue weighted by Gasteiger charge is -2.02. The van der Waals surface area contributed by atoms with Crippen LogP contribution in [0.25, 0.3) is 0 Å². The second-order valence-corrected chi connectivity index (χ2v) is 4.57. The van der Waals surface area contributed by atoms with Gasteiger partial charge in [-0.2, -0.15) is 0 Å².